The second kappa shape index (κ2) is 11.9. The van der Waals surface area contributed by atoms with Gasteiger partial charge in [0, 0.05) is 35.6 Å². The molecule has 0 fully saturated rings. The van der Waals surface area contributed by atoms with Crippen LogP contribution < -0.4 is 31.9 Å². The third-order valence-corrected chi connectivity index (χ3v) is 5.60. The molecule has 2 heterocycles. The zero-order valence-corrected chi connectivity index (χ0v) is 20.7. The van der Waals surface area contributed by atoms with Crippen LogP contribution in [0.2, 0.25) is 0 Å². The van der Waals surface area contributed by atoms with E-state index >= 15 is 0 Å². The Balaban J connectivity index is 0.00000320. The molecular formula is C26H27ClN8O2. The molecule has 3 aromatic rings. The number of amides is 4. The molecule has 0 unspecified atom stereocenters. The van der Waals surface area contributed by atoms with Gasteiger partial charge in [-0.2, -0.15) is 0 Å². The second-order valence-corrected chi connectivity index (χ2v) is 8.17. The van der Waals surface area contributed by atoms with Crippen LogP contribution in [-0.4, -0.2) is 49.9 Å². The molecule has 5 rings (SSSR count). The van der Waals surface area contributed by atoms with Gasteiger partial charge in [0.25, 0.3) is 0 Å². The summed E-state index contributed by atoms with van der Waals surface area (Å²) < 4.78 is 0. The van der Waals surface area contributed by atoms with Crippen LogP contribution in [0.25, 0.3) is 0 Å². The van der Waals surface area contributed by atoms with E-state index in [1.807, 2.05) is 48.5 Å². The van der Waals surface area contributed by atoms with Crippen LogP contribution in [0.3, 0.4) is 0 Å². The number of nitrogens with zero attached hydrogens (tertiary/aromatic N) is 2. The average Bonchev–Trinajstić information content (AvgIpc) is 3.61. The smallest absolute Gasteiger partial charge is 0.323 e. The number of amidine groups is 2. The standard InChI is InChI=1S/C26H26N8O2.ClH/c35-25(31-19-9-5-17(6-10-19)23-27-13-14-28-23)33-21-3-1-2-4-22(21)34-26(36)32-20-11-7-18(8-12-20)24-29-15-16-30-24;/h1-12H,13-16H2,(H,27,28)(H,29,30)(H2,31,33,35)(H2,32,34,36);1H. The van der Waals surface area contributed by atoms with Gasteiger partial charge in [-0.25, -0.2) is 9.59 Å². The van der Waals surface area contributed by atoms with E-state index in [9.17, 15) is 9.59 Å². The number of nitrogens with one attached hydrogen (secondary N) is 6. The van der Waals surface area contributed by atoms with Gasteiger partial charge in [0.1, 0.15) is 11.7 Å². The number of carbonyl (C=O) groups is 2. The van der Waals surface area contributed by atoms with Crippen molar-refractivity contribution >= 4 is 58.9 Å². The van der Waals surface area contributed by atoms with Crippen LogP contribution >= 0.6 is 12.4 Å². The van der Waals surface area contributed by atoms with Crippen LogP contribution in [0.1, 0.15) is 11.1 Å². The first-order chi connectivity index (χ1) is 17.6. The van der Waals surface area contributed by atoms with Crippen LogP contribution in [0.5, 0.6) is 0 Å². The van der Waals surface area contributed by atoms with E-state index < -0.39 is 12.1 Å². The highest BCUT2D eigenvalue weighted by Gasteiger charge is 2.12. The summed E-state index contributed by atoms with van der Waals surface area (Å²) in [6, 6.07) is 21.0. The Morgan fingerprint density at radius 2 is 1.00 bits per heavy atom. The molecule has 0 saturated carbocycles. The van der Waals surface area contributed by atoms with Crippen molar-refractivity contribution in [2.24, 2.45) is 9.98 Å². The van der Waals surface area contributed by atoms with E-state index in [1.54, 1.807) is 24.3 Å². The van der Waals surface area contributed by atoms with Gasteiger partial charge in [-0.3, -0.25) is 9.98 Å². The summed E-state index contributed by atoms with van der Waals surface area (Å²) in [6.45, 7) is 3.21. The number of carbonyl (C=O) groups excluding carboxylic acids is 2. The fourth-order valence-electron chi connectivity index (χ4n) is 3.88. The van der Waals surface area contributed by atoms with Gasteiger partial charge >= 0.3 is 12.1 Å². The lowest BCUT2D eigenvalue weighted by Gasteiger charge is -2.14. The van der Waals surface area contributed by atoms with Crippen molar-refractivity contribution < 1.29 is 9.59 Å². The topological polar surface area (TPSA) is 131 Å². The number of aliphatic imine (C=N–C) groups is 2. The Hall–Kier alpha value is -4.57. The molecule has 37 heavy (non-hydrogen) atoms. The predicted molar refractivity (Wildman–Crippen MR) is 151 cm³/mol. The van der Waals surface area contributed by atoms with Crippen LogP contribution in [0.4, 0.5) is 32.3 Å². The van der Waals surface area contributed by atoms with Crippen molar-refractivity contribution in [3.8, 4) is 0 Å². The van der Waals surface area contributed by atoms with Gasteiger partial charge in [-0.05, 0) is 60.7 Å². The lowest BCUT2D eigenvalue weighted by molar-refractivity contribution is 0.261. The minimum atomic E-state index is -0.423. The molecule has 0 spiro atoms. The molecule has 10 nitrogen and oxygen atoms in total. The van der Waals surface area contributed by atoms with E-state index in [-0.39, 0.29) is 12.4 Å². The van der Waals surface area contributed by atoms with E-state index in [4.69, 9.17) is 0 Å². The minimum absolute atomic E-state index is 0. The average molecular weight is 519 g/mol. The van der Waals surface area contributed by atoms with Crippen molar-refractivity contribution in [1.82, 2.24) is 10.6 Å². The second-order valence-electron chi connectivity index (χ2n) is 8.17. The van der Waals surface area contributed by atoms with Gasteiger partial charge in [-0.15, -0.1) is 12.4 Å². The number of para-hydroxylation sites is 2. The van der Waals surface area contributed by atoms with Gasteiger partial charge in [0.15, 0.2) is 0 Å². The van der Waals surface area contributed by atoms with Crippen molar-refractivity contribution in [2.75, 3.05) is 47.4 Å². The summed E-state index contributed by atoms with van der Waals surface area (Å²) in [7, 11) is 0. The van der Waals surface area contributed by atoms with Crippen molar-refractivity contribution in [2.45, 2.75) is 0 Å². The summed E-state index contributed by atoms with van der Waals surface area (Å²) >= 11 is 0. The third-order valence-electron chi connectivity index (χ3n) is 5.60. The summed E-state index contributed by atoms with van der Waals surface area (Å²) in [5.41, 5.74) is 4.15. The maximum absolute atomic E-state index is 12.6. The Bertz CT molecular complexity index is 1220. The Labute approximate surface area is 220 Å². The molecule has 4 amide bonds. The molecule has 0 radical (unpaired) electrons. The molecule has 0 aromatic heterocycles. The van der Waals surface area contributed by atoms with E-state index in [0.717, 1.165) is 49.0 Å². The van der Waals surface area contributed by atoms with E-state index in [1.165, 1.54) is 0 Å². The summed E-state index contributed by atoms with van der Waals surface area (Å²) in [5.74, 6) is 1.72. The number of halogens is 1. The first kappa shape index (κ1) is 25.5. The molecule has 0 aliphatic carbocycles. The number of urea groups is 2. The molecule has 11 heteroatoms. The number of rotatable bonds is 6. The van der Waals surface area contributed by atoms with Gasteiger partial charge in [-0.1, -0.05) is 12.1 Å². The Morgan fingerprint density at radius 1 is 0.595 bits per heavy atom. The zero-order valence-electron chi connectivity index (χ0n) is 19.9. The highest BCUT2D eigenvalue weighted by Crippen LogP contribution is 2.22. The zero-order chi connectivity index (χ0) is 24.7. The van der Waals surface area contributed by atoms with Crippen LogP contribution in [0, 0.1) is 0 Å². The van der Waals surface area contributed by atoms with Gasteiger partial charge in [0.05, 0.1) is 24.5 Å². The van der Waals surface area contributed by atoms with E-state index in [0.29, 0.717) is 22.7 Å². The molecule has 2 aliphatic rings. The fourth-order valence-corrected chi connectivity index (χ4v) is 3.88. The first-order valence-corrected chi connectivity index (χ1v) is 11.7. The summed E-state index contributed by atoms with van der Waals surface area (Å²) in [4.78, 5) is 34.0. The fraction of sp³-hybridized carbons (Fsp3) is 0.154. The largest absolute Gasteiger partial charge is 0.368 e. The molecule has 3 aromatic carbocycles. The summed E-state index contributed by atoms with van der Waals surface area (Å²) in [6.07, 6.45) is 0. The molecular weight excluding hydrogens is 492 g/mol. The highest BCUT2D eigenvalue weighted by atomic mass is 35.5. The molecule has 0 saturated heterocycles. The SMILES string of the molecule is Cl.O=C(Nc1ccc(C2=NCCN2)cc1)Nc1ccccc1NC(=O)Nc1ccc(C2=NCCN2)cc1. The van der Waals surface area contributed by atoms with E-state index in [2.05, 4.69) is 41.9 Å². The predicted octanol–water partition coefficient (Wildman–Crippen LogP) is 4.10. The molecule has 0 bridgehead atoms. The number of hydrogen-bond donors (Lipinski definition) is 6. The maximum atomic E-state index is 12.6. The quantitative estimate of drug-likeness (QED) is 0.293. The molecule has 0 atom stereocenters. The molecule has 190 valence electrons. The van der Waals surface area contributed by atoms with Crippen molar-refractivity contribution in [3.05, 3.63) is 83.9 Å². The van der Waals surface area contributed by atoms with Crippen molar-refractivity contribution in [1.29, 1.82) is 0 Å². The lowest BCUT2D eigenvalue weighted by Crippen LogP contribution is -2.23. The third kappa shape index (κ3) is 6.56. The first-order valence-electron chi connectivity index (χ1n) is 11.7. The molecule has 6 N–H and O–H groups in total. The normalized spacial score (nSPS) is 13.7. The van der Waals surface area contributed by atoms with Crippen LogP contribution in [0.15, 0.2) is 82.8 Å². The van der Waals surface area contributed by atoms with Crippen LogP contribution in [-0.2, 0) is 0 Å². The Kier molecular flexibility index (Phi) is 8.22. The minimum Gasteiger partial charge on any atom is -0.368 e. The monoisotopic (exact) mass is 518 g/mol. The Morgan fingerprint density at radius 3 is 1.35 bits per heavy atom. The van der Waals surface area contributed by atoms with Gasteiger partial charge < -0.3 is 31.9 Å². The number of anilines is 4. The number of benzene rings is 3. The summed E-state index contributed by atoms with van der Waals surface area (Å²) in [5, 5.41) is 17.6. The highest BCUT2D eigenvalue weighted by molar-refractivity contribution is 6.07. The van der Waals surface area contributed by atoms with Gasteiger partial charge in [0.2, 0.25) is 0 Å². The van der Waals surface area contributed by atoms with Crippen molar-refractivity contribution in [3.63, 3.8) is 0 Å². The lowest BCUT2D eigenvalue weighted by atomic mass is 10.2. The maximum Gasteiger partial charge on any atom is 0.323 e. The molecule has 2 aliphatic heterocycles. The number of hydrogen-bond acceptors (Lipinski definition) is 6.